The first-order valence-corrected chi connectivity index (χ1v) is 16.7. The molecule has 0 radical (unpaired) electrons. The predicted octanol–water partition coefficient (Wildman–Crippen LogP) is 4.78. The summed E-state index contributed by atoms with van der Waals surface area (Å²) in [6.45, 7) is 10.7. The van der Waals surface area contributed by atoms with Gasteiger partial charge < -0.3 is 20.9 Å². The van der Waals surface area contributed by atoms with E-state index in [0.29, 0.717) is 56.2 Å². The van der Waals surface area contributed by atoms with Crippen LogP contribution in [0.5, 0.6) is 11.6 Å². The maximum absolute atomic E-state index is 14.2. The Morgan fingerprint density at radius 1 is 0.978 bits per heavy atom. The van der Waals surface area contributed by atoms with Crippen molar-refractivity contribution in [3.8, 4) is 22.8 Å². The van der Waals surface area contributed by atoms with E-state index in [2.05, 4.69) is 57.8 Å². The Bertz CT molecular complexity index is 1480. The molecule has 3 aliphatic rings. The zero-order valence-electron chi connectivity index (χ0n) is 27.0. The van der Waals surface area contributed by atoms with Gasteiger partial charge in [-0.05, 0) is 56.7 Å². The van der Waals surface area contributed by atoms with Crippen LogP contribution in [0.2, 0.25) is 0 Å². The number of amides is 1. The highest BCUT2D eigenvalue weighted by molar-refractivity contribution is 5.95. The number of rotatable bonds is 9. The smallest absolute Gasteiger partial charge is 0.254 e. The SMILES string of the molecule is C[C@@H]1CN(Cc2ccc(-c3ccccc3)c(CN3CCOCC3)c2Oc2ncc(F)cc2C(N)=O)C[C@H](C)N1C1CCC(N)CC1. The van der Waals surface area contributed by atoms with E-state index in [1.165, 1.54) is 0 Å². The van der Waals surface area contributed by atoms with Crippen LogP contribution < -0.4 is 16.2 Å². The second kappa shape index (κ2) is 14.6. The Hall–Kier alpha value is -3.41. The Kier molecular flexibility index (Phi) is 10.3. The molecule has 10 heteroatoms. The summed E-state index contributed by atoms with van der Waals surface area (Å²) >= 11 is 0. The van der Waals surface area contributed by atoms with Gasteiger partial charge in [-0.2, -0.15) is 0 Å². The van der Waals surface area contributed by atoms with Crippen LogP contribution >= 0.6 is 0 Å². The number of carbonyl (C=O) groups is 1. The van der Waals surface area contributed by atoms with Gasteiger partial charge in [0.15, 0.2) is 0 Å². The van der Waals surface area contributed by atoms with E-state index in [0.717, 1.165) is 86.4 Å². The van der Waals surface area contributed by atoms with E-state index in [1.54, 1.807) is 0 Å². The molecule has 2 aliphatic heterocycles. The molecule has 2 saturated heterocycles. The normalized spacial score (nSPS) is 25.0. The fourth-order valence-corrected chi connectivity index (χ4v) is 7.67. The van der Waals surface area contributed by atoms with Gasteiger partial charge in [-0.1, -0.05) is 42.5 Å². The molecule has 4 N–H and O–H groups in total. The highest BCUT2D eigenvalue weighted by Crippen LogP contribution is 2.39. The fraction of sp³-hybridized carbons (Fsp3) is 0.500. The predicted molar refractivity (Wildman–Crippen MR) is 177 cm³/mol. The molecule has 9 nitrogen and oxygen atoms in total. The topological polar surface area (TPSA) is 110 Å². The number of morpholine rings is 1. The van der Waals surface area contributed by atoms with Crippen molar-refractivity contribution >= 4 is 5.91 Å². The van der Waals surface area contributed by atoms with Crippen molar-refractivity contribution in [3.63, 3.8) is 0 Å². The maximum Gasteiger partial charge on any atom is 0.254 e. The highest BCUT2D eigenvalue weighted by Gasteiger charge is 2.36. The number of halogens is 1. The molecule has 46 heavy (non-hydrogen) atoms. The minimum Gasteiger partial charge on any atom is -0.437 e. The van der Waals surface area contributed by atoms with E-state index < -0.39 is 11.7 Å². The Labute approximate surface area is 271 Å². The third kappa shape index (κ3) is 7.42. The van der Waals surface area contributed by atoms with Crippen molar-refractivity contribution in [2.75, 3.05) is 39.4 Å². The average molecular weight is 631 g/mol. The van der Waals surface area contributed by atoms with Gasteiger partial charge in [0.2, 0.25) is 5.88 Å². The monoisotopic (exact) mass is 630 g/mol. The van der Waals surface area contributed by atoms with Gasteiger partial charge in [-0.15, -0.1) is 0 Å². The summed E-state index contributed by atoms with van der Waals surface area (Å²) in [6, 6.07) is 17.3. The second-order valence-electron chi connectivity index (χ2n) is 13.2. The van der Waals surface area contributed by atoms with E-state index in [9.17, 15) is 9.18 Å². The number of piperazine rings is 1. The number of pyridine rings is 1. The number of ether oxygens (including phenoxy) is 2. The van der Waals surface area contributed by atoms with Gasteiger partial charge in [-0.3, -0.25) is 19.5 Å². The lowest BCUT2D eigenvalue weighted by Crippen LogP contribution is -2.60. The van der Waals surface area contributed by atoms with Gasteiger partial charge in [0, 0.05) is 74.6 Å². The molecule has 6 rings (SSSR count). The number of benzene rings is 2. The van der Waals surface area contributed by atoms with Gasteiger partial charge in [-0.25, -0.2) is 9.37 Å². The van der Waals surface area contributed by atoms with Crippen molar-refractivity contribution in [1.29, 1.82) is 0 Å². The minimum atomic E-state index is -0.792. The van der Waals surface area contributed by atoms with Crippen LogP contribution in [0, 0.1) is 5.82 Å². The molecule has 3 fully saturated rings. The number of aromatic nitrogens is 1. The first-order valence-electron chi connectivity index (χ1n) is 16.7. The zero-order valence-corrected chi connectivity index (χ0v) is 27.0. The van der Waals surface area contributed by atoms with Crippen molar-refractivity contribution in [1.82, 2.24) is 19.7 Å². The van der Waals surface area contributed by atoms with Crippen molar-refractivity contribution < 1.29 is 18.7 Å². The second-order valence-corrected chi connectivity index (χ2v) is 13.2. The highest BCUT2D eigenvalue weighted by atomic mass is 19.1. The fourth-order valence-electron chi connectivity index (χ4n) is 7.67. The number of nitrogens with two attached hydrogens (primary N) is 2. The molecule has 1 aromatic heterocycles. The molecule has 2 atom stereocenters. The maximum atomic E-state index is 14.2. The summed E-state index contributed by atoms with van der Waals surface area (Å²) in [5.41, 5.74) is 15.9. The molecule has 3 aromatic rings. The summed E-state index contributed by atoms with van der Waals surface area (Å²) in [4.78, 5) is 24.2. The van der Waals surface area contributed by atoms with Gasteiger partial charge in [0.1, 0.15) is 17.1 Å². The van der Waals surface area contributed by atoms with E-state index in [1.807, 2.05) is 18.2 Å². The lowest BCUT2D eigenvalue weighted by Gasteiger charge is -2.49. The van der Waals surface area contributed by atoms with Crippen LogP contribution in [0.4, 0.5) is 4.39 Å². The molecular weight excluding hydrogens is 583 g/mol. The van der Waals surface area contributed by atoms with Crippen LogP contribution in [-0.4, -0.2) is 89.2 Å². The molecule has 246 valence electrons. The van der Waals surface area contributed by atoms with Crippen molar-refractivity contribution in [2.45, 2.75) is 76.8 Å². The van der Waals surface area contributed by atoms with Crippen LogP contribution in [0.1, 0.15) is 61.0 Å². The average Bonchev–Trinajstić information content (AvgIpc) is 3.04. The third-order valence-corrected chi connectivity index (χ3v) is 9.81. The van der Waals surface area contributed by atoms with E-state index >= 15 is 0 Å². The number of nitrogens with zero attached hydrogens (tertiary/aromatic N) is 4. The van der Waals surface area contributed by atoms with E-state index in [4.69, 9.17) is 20.9 Å². The standard InChI is InChI=1S/C36H47FN6O3/c1-24-20-42(21-25(2)43(24)30-11-9-29(38)10-12-30)22-27-8-13-31(26-6-4-3-5-7-26)33(23-41-14-16-45-17-15-41)34(27)46-36-32(35(39)44)18-28(37)19-40-36/h3-8,13,18-19,24-25,29-30H,9-12,14-17,20-23,38H2,1-2H3,(H2,39,44)/t24-,25+,29?,30?. The van der Waals surface area contributed by atoms with Crippen LogP contribution in [0.25, 0.3) is 11.1 Å². The van der Waals surface area contributed by atoms with Crippen LogP contribution in [-0.2, 0) is 17.8 Å². The van der Waals surface area contributed by atoms with E-state index in [-0.39, 0.29) is 11.4 Å². The number of carbonyl (C=O) groups excluding carboxylic acids is 1. The van der Waals surface area contributed by atoms with Crippen LogP contribution in [0.3, 0.4) is 0 Å². The molecule has 1 saturated carbocycles. The first-order chi connectivity index (χ1) is 22.3. The third-order valence-electron chi connectivity index (χ3n) is 9.81. The molecular formula is C36H47FN6O3. The van der Waals surface area contributed by atoms with Gasteiger partial charge in [0.05, 0.1) is 19.4 Å². The summed E-state index contributed by atoms with van der Waals surface area (Å²) in [6.07, 6.45) is 5.56. The minimum absolute atomic E-state index is 0.00523. The summed E-state index contributed by atoms with van der Waals surface area (Å²) in [5.74, 6) is -0.794. The first kappa shape index (κ1) is 32.5. The summed E-state index contributed by atoms with van der Waals surface area (Å²) in [5, 5.41) is 0. The lowest BCUT2D eigenvalue weighted by molar-refractivity contribution is -0.00941. The number of hydrogen-bond donors (Lipinski definition) is 2. The number of primary amides is 1. The molecule has 2 aromatic carbocycles. The van der Waals surface area contributed by atoms with Crippen molar-refractivity contribution in [3.05, 3.63) is 77.2 Å². The van der Waals surface area contributed by atoms with Crippen LogP contribution in [0.15, 0.2) is 54.7 Å². The van der Waals surface area contributed by atoms with Crippen molar-refractivity contribution in [2.24, 2.45) is 11.5 Å². The molecule has 1 aliphatic carbocycles. The molecule has 0 bridgehead atoms. The molecule has 3 heterocycles. The summed E-state index contributed by atoms with van der Waals surface area (Å²) < 4.78 is 26.5. The number of hydrogen-bond acceptors (Lipinski definition) is 8. The Balaban J connectivity index is 1.37. The quantitative estimate of drug-likeness (QED) is 0.348. The van der Waals surface area contributed by atoms with Gasteiger partial charge >= 0.3 is 0 Å². The summed E-state index contributed by atoms with van der Waals surface area (Å²) in [7, 11) is 0. The largest absolute Gasteiger partial charge is 0.437 e. The molecule has 0 unspecified atom stereocenters. The Morgan fingerprint density at radius 2 is 1.67 bits per heavy atom. The molecule has 0 spiro atoms. The lowest BCUT2D eigenvalue weighted by atomic mass is 9.88. The van der Waals surface area contributed by atoms with Gasteiger partial charge in [0.25, 0.3) is 5.91 Å². The zero-order chi connectivity index (χ0) is 32.2. The Morgan fingerprint density at radius 3 is 2.35 bits per heavy atom. The molecule has 1 amide bonds.